The van der Waals surface area contributed by atoms with E-state index in [1.165, 1.54) is 0 Å². The van der Waals surface area contributed by atoms with E-state index in [9.17, 15) is 14.7 Å². The molecule has 1 aliphatic carbocycles. The molecule has 0 unspecified atom stereocenters. The van der Waals surface area contributed by atoms with Crippen molar-refractivity contribution in [1.29, 1.82) is 0 Å². The quantitative estimate of drug-likeness (QED) is 0.723. The number of hydrogen-bond acceptors (Lipinski definition) is 5. The third-order valence-corrected chi connectivity index (χ3v) is 6.15. The number of nitrogens with zero attached hydrogens (tertiary/aromatic N) is 2. The zero-order valence-electron chi connectivity index (χ0n) is 16.1. The van der Waals surface area contributed by atoms with E-state index in [0.29, 0.717) is 31.8 Å². The Morgan fingerprint density at radius 2 is 2.10 bits per heavy atom. The van der Waals surface area contributed by atoms with E-state index in [1.807, 2.05) is 24.3 Å². The fraction of sp³-hybridized carbons (Fsp3) is 0.476. The van der Waals surface area contributed by atoms with Gasteiger partial charge in [0.15, 0.2) is 0 Å². The molecule has 3 N–H and O–H groups in total. The Morgan fingerprint density at radius 3 is 2.90 bits per heavy atom. The Bertz CT molecular complexity index is 952. The van der Waals surface area contributed by atoms with Crippen LogP contribution in [0.4, 0.5) is 0 Å². The van der Waals surface area contributed by atoms with E-state index >= 15 is 0 Å². The van der Waals surface area contributed by atoms with Crippen molar-refractivity contribution in [2.45, 2.75) is 31.9 Å². The zero-order chi connectivity index (χ0) is 20.0. The lowest BCUT2D eigenvalue weighted by atomic mass is 9.91. The van der Waals surface area contributed by atoms with Gasteiger partial charge in [-0.3, -0.25) is 14.7 Å². The summed E-state index contributed by atoms with van der Waals surface area (Å²) in [6.07, 6.45) is 2.49. The van der Waals surface area contributed by atoms with E-state index in [-0.39, 0.29) is 36.3 Å². The van der Waals surface area contributed by atoms with Crippen LogP contribution >= 0.6 is 0 Å². The van der Waals surface area contributed by atoms with Crippen molar-refractivity contribution in [1.82, 2.24) is 20.4 Å². The van der Waals surface area contributed by atoms with Crippen LogP contribution in [0.5, 0.6) is 5.75 Å². The highest BCUT2D eigenvalue weighted by atomic mass is 16.5. The molecule has 8 heteroatoms. The van der Waals surface area contributed by atoms with Gasteiger partial charge in [0.05, 0.1) is 6.04 Å². The number of carbonyl (C=O) groups excluding carboxylic acids is 2. The summed E-state index contributed by atoms with van der Waals surface area (Å²) in [5, 5.41) is 20.0. The Balaban J connectivity index is 1.36. The standard InChI is InChI=1S/C21H24N4O4/c26-10-13-7-8-25(9-16(13)22-20(27)12-5-6-12)21(28)19-15-11-29-17-4-2-1-3-14(17)18(15)23-24-19/h1-4,12-13,16,26H,5-11H2,(H,22,27)(H,23,24)/t13-,16-/m1/s1. The number of nitrogens with one attached hydrogen (secondary N) is 2. The van der Waals surface area contributed by atoms with Crippen molar-refractivity contribution in [2.24, 2.45) is 11.8 Å². The van der Waals surface area contributed by atoms with Gasteiger partial charge in [-0.2, -0.15) is 5.10 Å². The highest BCUT2D eigenvalue weighted by Gasteiger charge is 2.37. The maximum atomic E-state index is 13.2. The molecule has 2 atom stereocenters. The number of likely N-dealkylation sites (tertiary alicyclic amines) is 1. The molecule has 0 spiro atoms. The van der Waals surface area contributed by atoms with E-state index in [4.69, 9.17) is 4.74 Å². The van der Waals surface area contributed by atoms with Gasteiger partial charge >= 0.3 is 0 Å². The predicted octanol–water partition coefficient (Wildman–Crippen LogP) is 1.32. The van der Waals surface area contributed by atoms with Crippen LogP contribution in [0.3, 0.4) is 0 Å². The number of aromatic nitrogens is 2. The topological polar surface area (TPSA) is 108 Å². The van der Waals surface area contributed by atoms with Gasteiger partial charge in [-0.25, -0.2) is 0 Å². The summed E-state index contributed by atoms with van der Waals surface area (Å²) in [6, 6.07) is 7.41. The molecule has 0 radical (unpaired) electrons. The van der Waals surface area contributed by atoms with Crippen LogP contribution in [0.15, 0.2) is 24.3 Å². The van der Waals surface area contributed by atoms with Crippen LogP contribution in [0.2, 0.25) is 0 Å². The Morgan fingerprint density at radius 1 is 1.28 bits per heavy atom. The third-order valence-electron chi connectivity index (χ3n) is 6.15. The van der Waals surface area contributed by atoms with E-state index < -0.39 is 0 Å². The number of benzene rings is 1. The van der Waals surface area contributed by atoms with Crippen molar-refractivity contribution in [3.63, 3.8) is 0 Å². The average molecular weight is 396 g/mol. The lowest BCUT2D eigenvalue weighted by Gasteiger charge is -2.38. The fourth-order valence-electron chi connectivity index (χ4n) is 4.21. The number of para-hydroxylation sites is 1. The number of hydrogen-bond donors (Lipinski definition) is 3. The van der Waals surface area contributed by atoms with Crippen LogP contribution < -0.4 is 10.1 Å². The number of H-pyrrole nitrogens is 1. The number of aromatic amines is 1. The second-order valence-electron chi connectivity index (χ2n) is 8.08. The normalized spacial score (nSPS) is 23.0. The number of rotatable bonds is 4. The largest absolute Gasteiger partial charge is 0.488 e. The van der Waals surface area contributed by atoms with E-state index in [2.05, 4.69) is 15.5 Å². The molecular formula is C21H24N4O4. The van der Waals surface area contributed by atoms with Crippen molar-refractivity contribution in [3.8, 4) is 17.0 Å². The predicted molar refractivity (Wildman–Crippen MR) is 104 cm³/mol. The highest BCUT2D eigenvalue weighted by molar-refractivity contribution is 5.96. The molecule has 3 aliphatic rings. The summed E-state index contributed by atoms with van der Waals surface area (Å²) >= 11 is 0. The lowest BCUT2D eigenvalue weighted by molar-refractivity contribution is -0.123. The number of piperidine rings is 1. The SMILES string of the molecule is O=C(N[C@@H]1CN(C(=O)c2[nH]nc3c2COc2ccccc2-3)CC[C@@H]1CO)C1CC1. The fourth-order valence-corrected chi connectivity index (χ4v) is 4.21. The molecular weight excluding hydrogens is 372 g/mol. The molecule has 2 fully saturated rings. The van der Waals surface area contributed by atoms with Crippen LogP contribution in [0.1, 0.15) is 35.3 Å². The number of ether oxygens (including phenoxy) is 1. The molecule has 3 heterocycles. The minimum Gasteiger partial charge on any atom is -0.488 e. The van der Waals surface area contributed by atoms with Gasteiger partial charge in [0.2, 0.25) is 5.91 Å². The zero-order valence-corrected chi connectivity index (χ0v) is 16.1. The van der Waals surface area contributed by atoms with E-state index in [1.54, 1.807) is 4.90 Å². The smallest absolute Gasteiger partial charge is 0.272 e. The lowest BCUT2D eigenvalue weighted by Crippen LogP contribution is -2.55. The van der Waals surface area contributed by atoms with Gasteiger partial charge in [-0.05, 0) is 31.4 Å². The third kappa shape index (κ3) is 3.27. The first kappa shape index (κ1) is 18.2. The minimum atomic E-state index is -0.235. The molecule has 1 aromatic heterocycles. The summed E-state index contributed by atoms with van der Waals surface area (Å²) in [5.41, 5.74) is 2.82. The summed E-state index contributed by atoms with van der Waals surface area (Å²) in [4.78, 5) is 27.2. The number of aliphatic hydroxyl groups excluding tert-OH is 1. The average Bonchev–Trinajstić information content (AvgIpc) is 3.52. The van der Waals surface area contributed by atoms with Gasteiger partial charge < -0.3 is 20.1 Å². The molecule has 1 aromatic carbocycles. The van der Waals surface area contributed by atoms with Crippen molar-refractivity contribution in [2.75, 3.05) is 19.7 Å². The van der Waals surface area contributed by atoms with Crippen LogP contribution in [0.25, 0.3) is 11.3 Å². The second kappa shape index (κ2) is 7.18. The number of aliphatic hydroxyl groups is 1. The van der Waals surface area contributed by atoms with Crippen LogP contribution in [0, 0.1) is 11.8 Å². The molecule has 1 saturated heterocycles. The van der Waals surface area contributed by atoms with E-state index in [0.717, 1.165) is 35.4 Å². The second-order valence-corrected chi connectivity index (χ2v) is 8.08. The van der Waals surface area contributed by atoms with Gasteiger partial charge in [0.1, 0.15) is 23.7 Å². The first-order valence-electron chi connectivity index (χ1n) is 10.2. The molecule has 2 aliphatic heterocycles. The first-order valence-corrected chi connectivity index (χ1v) is 10.2. The maximum absolute atomic E-state index is 13.2. The molecule has 152 valence electrons. The van der Waals surface area contributed by atoms with Gasteiger partial charge in [-0.1, -0.05) is 12.1 Å². The number of amides is 2. The molecule has 5 rings (SSSR count). The van der Waals surface area contributed by atoms with Gasteiger partial charge in [0, 0.05) is 42.7 Å². The number of fused-ring (bicyclic) bond motifs is 3. The Kier molecular flexibility index (Phi) is 4.50. The summed E-state index contributed by atoms with van der Waals surface area (Å²) in [5.74, 6) is 0.706. The van der Waals surface area contributed by atoms with Crippen LogP contribution in [-0.4, -0.2) is 57.8 Å². The van der Waals surface area contributed by atoms with Crippen molar-refractivity contribution in [3.05, 3.63) is 35.5 Å². The highest BCUT2D eigenvalue weighted by Crippen LogP contribution is 2.37. The van der Waals surface area contributed by atoms with Crippen molar-refractivity contribution < 1.29 is 19.4 Å². The molecule has 2 amide bonds. The van der Waals surface area contributed by atoms with Gasteiger partial charge in [-0.15, -0.1) is 0 Å². The molecule has 1 saturated carbocycles. The molecule has 29 heavy (non-hydrogen) atoms. The van der Waals surface area contributed by atoms with Crippen LogP contribution in [-0.2, 0) is 11.4 Å². The Labute approximate surface area is 168 Å². The van der Waals surface area contributed by atoms with Crippen molar-refractivity contribution >= 4 is 11.8 Å². The number of carbonyl (C=O) groups is 2. The minimum absolute atomic E-state index is 0.00171. The summed E-state index contributed by atoms with van der Waals surface area (Å²) < 4.78 is 5.81. The Hall–Kier alpha value is -2.87. The monoisotopic (exact) mass is 396 g/mol. The molecule has 8 nitrogen and oxygen atoms in total. The molecule has 2 aromatic rings. The maximum Gasteiger partial charge on any atom is 0.272 e. The van der Waals surface area contributed by atoms with Gasteiger partial charge in [0.25, 0.3) is 5.91 Å². The summed E-state index contributed by atoms with van der Waals surface area (Å²) in [7, 11) is 0. The first-order chi connectivity index (χ1) is 14.2. The summed E-state index contributed by atoms with van der Waals surface area (Å²) in [6.45, 7) is 1.21. The molecule has 0 bridgehead atoms.